The van der Waals surface area contributed by atoms with Crippen molar-refractivity contribution < 1.29 is 9.53 Å². The van der Waals surface area contributed by atoms with E-state index in [0.29, 0.717) is 12.3 Å². The number of ether oxygens (including phenoxy) is 1. The van der Waals surface area contributed by atoms with Gasteiger partial charge in [0, 0.05) is 6.54 Å². The van der Waals surface area contributed by atoms with Gasteiger partial charge in [-0.15, -0.1) is 10.2 Å². The number of nitrogens with zero attached hydrogens (tertiary/aromatic N) is 2. The van der Waals surface area contributed by atoms with Crippen molar-refractivity contribution in [2.24, 2.45) is 0 Å². The van der Waals surface area contributed by atoms with Gasteiger partial charge in [-0.2, -0.15) is 0 Å². The summed E-state index contributed by atoms with van der Waals surface area (Å²) in [6.07, 6.45) is 0. The summed E-state index contributed by atoms with van der Waals surface area (Å²) < 4.78 is 6.59. The fraction of sp³-hybridized carbons (Fsp3) is 0.118. The molecule has 0 bridgehead atoms. The predicted octanol–water partition coefficient (Wildman–Crippen LogP) is 3.74. The van der Waals surface area contributed by atoms with Crippen LogP contribution in [-0.2, 0) is 11.3 Å². The van der Waals surface area contributed by atoms with Crippen LogP contribution in [0, 0.1) is 0 Å². The van der Waals surface area contributed by atoms with Crippen LogP contribution in [0.1, 0.15) is 5.56 Å². The first-order valence-corrected chi connectivity index (χ1v) is 9.13. The number of hydrogen-bond acceptors (Lipinski definition) is 6. The van der Waals surface area contributed by atoms with Gasteiger partial charge >= 0.3 is 0 Å². The molecule has 0 saturated heterocycles. The minimum absolute atomic E-state index is 0.0374. The molecule has 0 aliphatic carbocycles. The Kier molecular flexibility index (Phi) is 5.81. The Balaban J connectivity index is 1.50. The van der Waals surface area contributed by atoms with Gasteiger partial charge in [-0.1, -0.05) is 53.4 Å². The van der Waals surface area contributed by atoms with Crippen LogP contribution in [0.4, 0.5) is 0 Å². The van der Waals surface area contributed by atoms with Gasteiger partial charge in [0.15, 0.2) is 4.34 Å². The maximum atomic E-state index is 11.9. The summed E-state index contributed by atoms with van der Waals surface area (Å²) in [6.45, 7) is 0.460. The molecule has 1 aromatic heterocycles. The highest BCUT2D eigenvalue weighted by Crippen LogP contribution is 2.22. The number of carbonyl (C=O) groups excluding carboxylic acids is 1. The second kappa shape index (κ2) is 8.47. The molecule has 0 radical (unpaired) electrons. The Morgan fingerprint density at radius 3 is 2.75 bits per heavy atom. The molecule has 0 unspecified atom stereocenters. The average Bonchev–Trinajstić information content (AvgIpc) is 3.13. The zero-order valence-corrected chi connectivity index (χ0v) is 14.3. The van der Waals surface area contributed by atoms with Gasteiger partial charge in [0.25, 0.3) is 0 Å². The molecular formula is C17H15N3O2S2. The summed E-state index contributed by atoms with van der Waals surface area (Å²) in [5.41, 5.74) is 2.64. The van der Waals surface area contributed by atoms with Crippen molar-refractivity contribution in [1.82, 2.24) is 15.5 Å². The summed E-state index contributed by atoms with van der Waals surface area (Å²) in [7, 11) is 0. The molecule has 24 heavy (non-hydrogen) atoms. The van der Waals surface area contributed by atoms with Gasteiger partial charge in [0.05, 0.1) is 5.75 Å². The molecule has 3 rings (SSSR count). The van der Waals surface area contributed by atoms with Gasteiger partial charge in [-0.05, 0) is 29.8 Å². The zero-order chi connectivity index (χ0) is 16.6. The Bertz CT molecular complexity index is 780. The lowest BCUT2D eigenvalue weighted by Gasteiger charge is -2.08. The molecule has 2 aromatic carbocycles. The van der Waals surface area contributed by atoms with Crippen LogP contribution in [-0.4, -0.2) is 21.9 Å². The van der Waals surface area contributed by atoms with Crippen LogP contribution in [0.2, 0.25) is 0 Å². The number of rotatable bonds is 7. The summed E-state index contributed by atoms with van der Waals surface area (Å²) in [4.78, 5) is 11.9. The molecule has 0 aliphatic rings. The van der Waals surface area contributed by atoms with Crippen molar-refractivity contribution in [3.05, 3.63) is 65.7 Å². The highest BCUT2D eigenvalue weighted by molar-refractivity contribution is 8.01. The SMILES string of the molecule is O=C(CSc1nncs1)NCc1cccc(Oc2ccccc2)c1. The number of para-hydroxylation sites is 1. The third kappa shape index (κ3) is 5.07. The second-order valence-corrected chi connectivity index (χ2v) is 6.89. The number of hydrogen-bond donors (Lipinski definition) is 1. The van der Waals surface area contributed by atoms with E-state index in [4.69, 9.17) is 4.74 Å². The van der Waals surface area contributed by atoms with Crippen LogP contribution in [0.5, 0.6) is 11.5 Å². The van der Waals surface area contributed by atoms with Crippen LogP contribution >= 0.6 is 23.1 Å². The average molecular weight is 357 g/mol. The second-order valence-electron chi connectivity index (χ2n) is 4.83. The summed E-state index contributed by atoms with van der Waals surface area (Å²) in [6, 6.07) is 17.3. The van der Waals surface area contributed by atoms with Crippen LogP contribution < -0.4 is 10.1 Å². The lowest BCUT2D eigenvalue weighted by molar-refractivity contribution is -0.118. The minimum Gasteiger partial charge on any atom is -0.457 e. The first-order chi connectivity index (χ1) is 11.8. The number of benzene rings is 2. The number of aromatic nitrogens is 2. The summed E-state index contributed by atoms with van der Waals surface area (Å²) in [5.74, 6) is 1.82. The van der Waals surface area contributed by atoms with Crippen molar-refractivity contribution in [2.45, 2.75) is 10.9 Å². The fourth-order valence-electron chi connectivity index (χ4n) is 1.95. The molecule has 5 nitrogen and oxygen atoms in total. The molecule has 0 aliphatic heterocycles. The third-order valence-corrected chi connectivity index (χ3v) is 4.89. The first kappa shape index (κ1) is 16.5. The van der Waals surface area contributed by atoms with Crippen LogP contribution in [0.25, 0.3) is 0 Å². The van der Waals surface area contributed by atoms with E-state index in [-0.39, 0.29) is 5.91 Å². The van der Waals surface area contributed by atoms with Gasteiger partial charge in [-0.3, -0.25) is 4.79 Å². The van der Waals surface area contributed by atoms with Crippen molar-refractivity contribution in [1.29, 1.82) is 0 Å². The van der Waals surface area contributed by atoms with Crippen molar-refractivity contribution in [3.63, 3.8) is 0 Å². The van der Waals surface area contributed by atoms with E-state index in [1.807, 2.05) is 54.6 Å². The Hall–Kier alpha value is -2.38. The van der Waals surface area contributed by atoms with E-state index in [2.05, 4.69) is 15.5 Å². The van der Waals surface area contributed by atoms with E-state index in [1.54, 1.807) is 5.51 Å². The Morgan fingerprint density at radius 1 is 1.12 bits per heavy atom. The van der Waals surface area contributed by atoms with Crippen molar-refractivity contribution >= 4 is 29.0 Å². The molecule has 3 aromatic rings. The van der Waals surface area contributed by atoms with E-state index < -0.39 is 0 Å². The normalized spacial score (nSPS) is 10.3. The van der Waals surface area contributed by atoms with Gasteiger partial charge in [0.1, 0.15) is 17.0 Å². The summed E-state index contributed by atoms with van der Waals surface area (Å²) >= 11 is 2.81. The predicted molar refractivity (Wildman–Crippen MR) is 95.4 cm³/mol. The molecule has 1 N–H and O–H groups in total. The monoisotopic (exact) mass is 357 g/mol. The maximum absolute atomic E-state index is 11.9. The van der Waals surface area contributed by atoms with Gasteiger partial charge < -0.3 is 10.1 Å². The largest absolute Gasteiger partial charge is 0.457 e. The van der Waals surface area contributed by atoms with E-state index in [0.717, 1.165) is 21.4 Å². The topological polar surface area (TPSA) is 64.1 Å². The third-order valence-electron chi connectivity index (χ3n) is 3.03. The van der Waals surface area contributed by atoms with Crippen LogP contribution in [0.3, 0.4) is 0 Å². The Morgan fingerprint density at radius 2 is 1.96 bits per heavy atom. The fourth-order valence-corrected chi connectivity index (χ4v) is 3.27. The zero-order valence-electron chi connectivity index (χ0n) is 12.7. The standard InChI is InChI=1S/C17H15N3O2S2/c21-16(11-23-17-20-19-12-24-17)18-10-13-5-4-8-15(9-13)22-14-6-2-1-3-7-14/h1-9,12H,10-11H2,(H,18,21). The number of thioether (sulfide) groups is 1. The molecule has 0 saturated carbocycles. The molecular weight excluding hydrogens is 342 g/mol. The molecule has 0 spiro atoms. The summed E-state index contributed by atoms with van der Waals surface area (Å²) in [5, 5.41) is 10.5. The molecule has 0 atom stereocenters. The highest BCUT2D eigenvalue weighted by Gasteiger charge is 2.05. The maximum Gasteiger partial charge on any atom is 0.230 e. The van der Waals surface area contributed by atoms with Gasteiger partial charge in [-0.25, -0.2) is 0 Å². The molecule has 1 amide bonds. The highest BCUT2D eigenvalue weighted by atomic mass is 32.2. The molecule has 7 heteroatoms. The number of carbonyl (C=O) groups is 1. The number of amides is 1. The molecule has 1 heterocycles. The van der Waals surface area contributed by atoms with E-state index in [1.165, 1.54) is 23.1 Å². The molecule has 122 valence electrons. The Labute approximate surface area is 148 Å². The van der Waals surface area contributed by atoms with Crippen molar-refractivity contribution in [3.8, 4) is 11.5 Å². The number of nitrogens with one attached hydrogen (secondary N) is 1. The van der Waals surface area contributed by atoms with Gasteiger partial charge in [0.2, 0.25) is 5.91 Å². The molecule has 0 fully saturated rings. The quantitative estimate of drug-likeness (QED) is 0.653. The lowest BCUT2D eigenvalue weighted by Crippen LogP contribution is -2.24. The van der Waals surface area contributed by atoms with Crippen molar-refractivity contribution in [2.75, 3.05) is 5.75 Å². The van der Waals surface area contributed by atoms with E-state index in [9.17, 15) is 4.79 Å². The lowest BCUT2D eigenvalue weighted by atomic mass is 10.2. The van der Waals surface area contributed by atoms with E-state index >= 15 is 0 Å². The first-order valence-electron chi connectivity index (χ1n) is 7.27. The minimum atomic E-state index is -0.0374. The smallest absolute Gasteiger partial charge is 0.230 e. The van der Waals surface area contributed by atoms with Crippen LogP contribution in [0.15, 0.2) is 64.4 Å².